The molecule has 2 aromatic rings. The lowest BCUT2D eigenvalue weighted by Gasteiger charge is -2.25. The highest BCUT2D eigenvalue weighted by atomic mass is 16.1. The predicted molar refractivity (Wildman–Crippen MR) is 80.3 cm³/mol. The quantitative estimate of drug-likeness (QED) is 0.782. The molecule has 102 valence electrons. The first kappa shape index (κ1) is 13.0. The Morgan fingerprint density at radius 3 is 2.65 bits per heavy atom. The predicted octanol–water partition coefficient (Wildman–Crippen LogP) is 3.92. The third-order valence-corrected chi connectivity index (χ3v) is 4.26. The van der Waals surface area contributed by atoms with Gasteiger partial charge in [0, 0.05) is 18.2 Å². The summed E-state index contributed by atoms with van der Waals surface area (Å²) in [7, 11) is 0. The van der Waals surface area contributed by atoms with Crippen LogP contribution in [0.5, 0.6) is 0 Å². The van der Waals surface area contributed by atoms with E-state index >= 15 is 0 Å². The second kappa shape index (κ2) is 4.86. The fourth-order valence-electron chi connectivity index (χ4n) is 3.20. The Morgan fingerprint density at radius 1 is 1.05 bits per heavy atom. The van der Waals surface area contributed by atoms with E-state index in [4.69, 9.17) is 0 Å². The van der Waals surface area contributed by atoms with Crippen molar-refractivity contribution in [1.29, 1.82) is 0 Å². The molecule has 0 radical (unpaired) electrons. The molecular formula is C18H19NO. The molecule has 3 rings (SSSR count). The van der Waals surface area contributed by atoms with Crippen molar-refractivity contribution in [3.63, 3.8) is 0 Å². The van der Waals surface area contributed by atoms with Crippen LogP contribution in [-0.2, 0) is 6.42 Å². The minimum atomic E-state index is 0.239. The van der Waals surface area contributed by atoms with E-state index in [0.29, 0.717) is 6.42 Å². The van der Waals surface area contributed by atoms with Crippen LogP contribution in [0, 0.1) is 20.8 Å². The molecule has 0 N–H and O–H groups in total. The zero-order valence-corrected chi connectivity index (χ0v) is 12.2. The van der Waals surface area contributed by atoms with E-state index < -0.39 is 0 Å². The van der Waals surface area contributed by atoms with Gasteiger partial charge in [-0.2, -0.15) is 0 Å². The van der Waals surface area contributed by atoms with Crippen molar-refractivity contribution in [2.45, 2.75) is 39.5 Å². The van der Waals surface area contributed by atoms with Gasteiger partial charge in [0.1, 0.15) is 0 Å². The Balaban J connectivity index is 2.04. The number of aryl methyl sites for hydroxylation is 3. The molecule has 1 atom stereocenters. The summed E-state index contributed by atoms with van der Waals surface area (Å²) < 4.78 is 0. The van der Waals surface area contributed by atoms with E-state index in [1.165, 1.54) is 16.7 Å². The standard InChI is InChI=1S/C18H19NO/c1-11-4-5-12(2)15(8-11)14-9-16-18(17(20)10-14)13(3)6-7-19-16/h4-8,14H,9-10H2,1-3H3. The number of aromatic nitrogens is 1. The largest absolute Gasteiger partial charge is 0.294 e. The molecule has 1 heterocycles. The minimum Gasteiger partial charge on any atom is -0.294 e. The lowest BCUT2D eigenvalue weighted by atomic mass is 9.79. The molecule has 20 heavy (non-hydrogen) atoms. The molecule has 0 amide bonds. The Bertz CT molecular complexity index is 688. The molecule has 0 saturated heterocycles. The number of hydrogen-bond donors (Lipinski definition) is 0. The summed E-state index contributed by atoms with van der Waals surface area (Å²) in [5.41, 5.74) is 6.69. The van der Waals surface area contributed by atoms with Gasteiger partial charge in [0.25, 0.3) is 0 Å². The van der Waals surface area contributed by atoms with E-state index in [1.807, 2.05) is 19.2 Å². The molecule has 1 aliphatic rings. The zero-order chi connectivity index (χ0) is 14.3. The van der Waals surface area contributed by atoms with E-state index in [9.17, 15) is 4.79 Å². The highest BCUT2D eigenvalue weighted by molar-refractivity contribution is 6.00. The number of Topliss-reactive ketones (excluding diaryl/α,β-unsaturated/α-hetero) is 1. The van der Waals surface area contributed by atoms with Gasteiger partial charge < -0.3 is 0 Å². The van der Waals surface area contributed by atoms with Gasteiger partial charge in [-0.25, -0.2) is 0 Å². The van der Waals surface area contributed by atoms with Crippen LogP contribution < -0.4 is 0 Å². The molecule has 1 aromatic carbocycles. The van der Waals surface area contributed by atoms with Crippen LogP contribution in [0.15, 0.2) is 30.5 Å². The number of carbonyl (C=O) groups is 1. The molecule has 0 spiro atoms. The Kier molecular flexibility index (Phi) is 3.17. The number of carbonyl (C=O) groups excluding carboxylic acids is 1. The third-order valence-electron chi connectivity index (χ3n) is 4.26. The summed E-state index contributed by atoms with van der Waals surface area (Å²) >= 11 is 0. The third kappa shape index (κ3) is 2.15. The molecule has 0 fully saturated rings. The number of ketones is 1. The number of nitrogens with zero attached hydrogens (tertiary/aromatic N) is 1. The van der Waals surface area contributed by atoms with Crippen molar-refractivity contribution >= 4 is 5.78 Å². The fourth-order valence-corrected chi connectivity index (χ4v) is 3.20. The maximum absolute atomic E-state index is 12.4. The number of benzene rings is 1. The Hall–Kier alpha value is -1.96. The van der Waals surface area contributed by atoms with E-state index in [1.54, 1.807) is 0 Å². The van der Waals surface area contributed by atoms with Crippen molar-refractivity contribution in [2.75, 3.05) is 0 Å². The fraction of sp³-hybridized carbons (Fsp3) is 0.333. The van der Waals surface area contributed by atoms with Crippen LogP contribution in [-0.4, -0.2) is 10.8 Å². The number of pyridine rings is 1. The van der Waals surface area contributed by atoms with Crippen LogP contribution >= 0.6 is 0 Å². The smallest absolute Gasteiger partial charge is 0.165 e. The van der Waals surface area contributed by atoms with Crippen molar-refractivity contribution in [1.82, 2.24) is 4.98 Å². The Morgan fingerprint density at radius 2 is 1.85 bits per heavy atom. The number of hydrogen-bond acceptors (Lipinski definition) is 2. The molecule has 1 unspecified atom stereocenters. The van der Waals surface area contributed by atoms with Gasteiger partial charge in [-0.3, -0.25) is 9.78 Å². The topological polar surface area (TPSA) is 30.0 Å². The van der Waals surface area contributed by atoms with Gasteiger partial charge in [0.15, 0.2) is 5.78 Å². The average Bonchev–Trinajstić information content (AvgIpc) is 2.41. The van der Waals surface area contributed by atoms with Gasteiger partial charge in [-0.05, 0) is 55.9 Å². The highest BCUT2D eigenvalue weighted by Gasteiger charge is 2.29. The maximum Gasteiger partial charge on any atom is 0.165 e. The number of fused-ring (bicyclic) bond motifs is 1. The highest BCUT2D eigenvalue weighted by Crippen LogP contribution is 2.34. The molecular weight excluding hydrogens is 246 g/mol. The lowest BCUT2D eigenvalue weighted by molar-refractivity contribution is 0.0962. The monoisotopic (exact) mass is 265 g/mol. The summed E-state index contributed by atoms with van der Waals surface area (Å²) in [5, 5.41) is 0. The minimum absolute atomic E-state index is 0.239. The number of rotatable bonds is 1. The van der Waals surface area contributed by atoms with Crippen molar-refractivity contribution in [3.8, 4) is 0 Å². The zero-order valence-electron chi connectivity index (χ0n) is 12.2. The SMILES string of the molecule is Cc1ccc(C)c(C2CC(=O)c3c(C)ccnc3C2)c1. The van der Waals surface area contributed by atoms with Crippen LogP contribution in [0.2, 0.25) is 0 Å². The van der Waals surface area contributed by atoms with Crippen molar-refractivity contribution in [2.24, 2.45) is 0 Å². The summed E-state index contributed by atoms with van der Waals surface area (Å²) in [6.07, 6.45) is 3.28. The molecule has 2 heteroatoms. The van der Waals surface area contributed by atoms with E-state index in [-0.39, 0.29) is 11.7 Å². The van der Waals surface area contributed by atoms with E-state index in [2.05, 4.69) is 37.0 Å². The first-order chi connectivity index (χ1) is 9.56. The average molecular weight is 265 g/mol. The van der Waals surface area contributed by atoms with E-state index in [0.717, 1.165) is 23.2 Å². The van der Waals surface area contributed by atoms with Gasteiger partial charge in [-0.1, -0.05) is 23.8 Å². The maximum atomic E-state index is 12.4. The van der Waals surface area contributed by atoms with Gasteiger partial charge >= 0.3 is 0 Å². The van der Waals surface area contributed by atoms with Crippen LogP contribution in [0.1, 0.15) is 50.6 Å². The van der Waals surface area contributed by atoms with Gasteiger partial charge in [-0.15, -0.1) is 0 Å². The van der Waals surface area contributed by atoms with Crippen molar-refractivity contribution in [3.05, 3.63) is 64.0 Å². The summed E-state index contributed by atoms with van der Waals surface area (Å²) in [4.78, 5) is 16.9. The first-order valence-corrected chi connectivity index (χ1v) is 7.11. The second-order valence-electron chi connectivity index (χ2n) is 5.84. The molecule has 1 aromatic heterocycles. The van der Waals surface area contributed by atoms with Gasteiger partial charge in [0.05, 0.1) is 5.69 Å². The molecule has 0 bridgehead atoms. The molecule has 0 aliphatic heterocycles. The van der Waals surface area contributed by atoms with Gasteiger partial charge in [0.2, 0.25) is 0 Å². The summed E-state index contributed by atoms with van der Waals surface area (Å²) in [6.45, 7) is 6.22. The van der Waals surface area contributed by atoms with Crippen LogP contribution in [0.4, 0.5) is 0 Å². The lowest BCUT2D eigenvalue weighted by Crippen LogP contribution is -2.21. The normalized spacial score (nSPS) is 17.9. The first-order valence-electron chi connectivity index (χ1n) is 7.11. The summed E-state index contributed by atoms with van der Waals surface area (Å²) in [5.74, 6) is 0.506. The van der Waals surface area contributed by atoms with Crippen molar-refractivity contribution < 1.29 is 4.79 Å². The molecule has 1 aliphatic carbocycles. The molecule has 2 nitrogen and oxygen atoms in total. The molecule has 0 saturated carbocycles. The summed E-state index contributed by atoms with van der Waals surface area (Å²) in [6, 6.07) is 8.41. The second-order valence-corrected chi connectivity index (χ2v) is 5.84. The van der Waals surface area contributed by atoms with Crippen LogP contribution in [0.25, 0.3) is 0 Å². The Labute approximate surface area is 119 Å². The van der Waals surface area contributed by atoms with Crippen LogP contribution in [0.3, 0.4) is 0 Å².